The average molecular weight is 699 g/mol. The van der Waals surface area contributed by atoms with Crippen LogP contribution in [-0.4, -0.2) is 50.8 Å². The van der Waals surface area contributed by atoms with Crippen molar-refractivity contribution in [3.63, 3.8) is 0 Å². The number of Topliss-reactive ketones (excluding diaryl/α,β-unsaturated/α-hetero) is 1. The van der Waals surface area contributed by atoms with Crippen LogP contribution in [0.25, 0.3) is 0 Å². The number of carbonyl (C=O) groups excluding carboxylic acids is 2. The van der Waals surface area contributed by atoms with Crippen molar-refractivity contribution < 1.29 is 24.2 Å². The van der Waals surface area contributed by atoms with E-state index in [1.807, 2.05) is 0 Å². The van der Waals surface area contributed by atoms with Crippen LogP contribution in [0.5, 0.6) is 0 Å². The van der Waals surface area contributed by atoms with Crippen LogP contribution in [0.3, 0.4) is 0 Å². The number of fused-ring (bicyclic) bond motifs is 7. The number of hydrogen-bond donors (Lipinski definition) is 1. The van der Waals surface area contributed by atoms with Crippen molar-refractivity contribution in [2.45, 2.75) is 132 Å². The van der Waals surface area contributed by atoms with E-state index in [2.05, 4.69) is 49.7 Å². The van der Waals surface area contributed by atoms with Gasteiger partial charge in [-0.25, -0.2) is 9.97 Å². The third kappa shape index (κ3) is 6.02. The molecule has 9 atom stereocenters. The first-order chi connectivity index (χ1) is 24.1. The summed E-state index contributed by atoms with van der Waals surface area (Å²) in [6, 6.07) is 1.79. The molecule has 1 heterocycles. The van der Waals surface area contributed by atoms with Gasteiger partial charge in [0.15, 0.2) is 11.6 Å². The van der Waals surface area contributed by atoms with Gasteiger partial charge in [-0.1, -0.05) is 34.6 Å². The Morgan fingerprint density at radius 1 is 1.00 bits per heavy atom. The molecule has 0 aromatic carbocycles. The molecule has 0 aliphatic heterocycles. The number of nitrogens with zero attached hydrogens (tertiary/aromatic N) is 4. The van der Waals surface area contributed by atoms with Gasteiger partial charge in [-0.05, 0) is 142 Å². The number of carboxylic acid groups (broad SMARTS) is 1. The summed E-state index contributed by atoms with van der Waals surface area (Å²) in [6.45, 7) is 15.0. The van der Waals surface area contributed by atoms with Crippen molar-refractivity contribution in [1.82, 2.24) is 9.97 Å². The van der Waals surface area contributed by atoms with Gasteiger partial charge >= 0.3 is 11.9 Å². The predicted octanol–water partition coefficient (Wildman–Crippen LogP) is 8.27. The molecule has 0 radical (unpaired) electrons. The van der Waals surface area contributed by atoms with E-state index in [9.17, 15) is 19.5 Å². The first-order valence-electron chi connectivity index (χ1n) is 19.7. The molecule has 5 saturated carbocycles. The molecule has 9 nitrogen and oxygen atoms in total. The third-order valence-corrected chi connectivity index (χ3v) is 14.9. The fourth-order valence-electron chi connectivity index (χ4n) is 12.5. The fourth-order valence-corrected chi connectivity index (χ4v) is 12.5. The molecule has 1 aromatic rings. The molecule has 6 aliphatic carbocycles. The average Bonchev–Trinajstić information content (AvgIpc) is 3.85. The Bertz CT molecular complexity index is 1660. The highest BCUT2D eigenvalue weighted by molar-refractivity contribution is 6.10. The smallest absolute Gasteiger partial charge is 0.309 e. The van der Waals surface area contributed by atoms with Crippen molar-refractivity contribution in [2.24, 2.45) is 73.3 Å². The largest absolute Gasteiger partial charge is 0.481 e. The van der Waals surface area contributed by atoms with Gasteiger partial charge in [0.25, 0.3) is 0 Å². The predicted molar refractivity (Wildman–Crippen MR) is 196 cm³/mol. The maximum Gasteiger partial charge on any atom is 0.309 e. The molecule has 9 heteroatoms. The second-order valence-electron chi connectivity index (χ2n) is 18.6. The van der Waals surface area contributed by atoms with E-state index in [4.69, 9.17) is 9.84 Å². The molecule has 0 bridgehead atoms. The molecular formula is C42H58N4O5. The van der Waals surface area contributed by atoms with Crippen molar-refractivity contribution in [2.75, 3.05) is 0 Å². The quantitative estimate of drug-likeness (QED) is 0.156. The van der Waals surface area contributed by atoms with E-state index in [1.165, 1.54) is 5.57 Å². The van der Waals surface area contributed by atoms with Crippen LogP contribution in [0, 0.1) is 63.1 Å². The Labute approximate surface area is 303 Å². The number of hydrogen-bond acceptors (Lipinski definition) is 8. The molecule has 7 rings (SSSR count). The van der Waals surface area contributed by atoms with E-state index >= 15 is 0 Å². The zero-order chi connectivity index (χ0) is 36.5. The highest BCUT2D eigenvalue weighted by Gasteiger charge is 2.66. The molecule has 276 valence electrons. The summed E-state index contributed by atoms with van der Waals surface area (Å²) in [5.74, 6) is 2.17. The molecule has 6 aliphatic rings. The molecule has 5 fully saturated rings. The van der Waals surface area contributed by atoms with Crippen molar-refractivity contribution in [1.29, 1.82) is 0 Å². The second-order valence-corrected chi connectivity index (χ2v) is 18.6. The second kappa shape index (κ2) is 13.0. The summed E-state index contributed by atoms with van der Waals surface area (Å²) in [5.41, 5.74) is 2.47. The molecule has 9 unspecified atom stereocenters. The fraction of sp³-hybridized carbons (Fsp3) is 0.738. The van der Waals surface area contributed by atoms with Crippen LogP contribution in [0.15, 0.2) is 39.8 Å². The van der Waals surface area contributed by atoms with E-state index in [0.717, 1.165) is 75.5 Å². The Morgan fingerprint density at radius 3 is 2.33 bits per heavy atom. The van der Waals surface area contributed by atoms with E-state index in [-0.39, 0.29) is 40.6 Å². The van der Waals surface area contributed by atoms with Gasteiger partial charge in [-0.2, -0.15) is 10.2 Å². The van der Waals surface area contributed by atoms with Gasteiger partial charge in [-0.3, -0.25) is 14.4 Å². The molecule has 0 saturated heterocycles. The number of esters is 1. The number of allylic oxidation sites excluding steroid dienone is 2. The third-order valence-electron chi connectivity index (χ3n) is 14.9. The Kier molecular flexibility index (Phi) is 9.22. The maximum absolute atomic E-state index is 14.1. The molecule has 1 aromatic heterocycles. The zero-order valence-electron chi connectivity index (χ0n) is 31.8. The van der Waals surface area contributed by atoms with Gasteiger partial charge < -0.3 is 9.84 Å². The van der Waals surface area contributed by atoms with Crippen LogP contribution in [-0.2, 0) is 19.1 Å². The summed E-state index contributed by atoms with van der Waals surface area (Å²) in [6.07, 6.45) is 15.9. The first kappa shape index (κ1) is 36.1. The molecule has 1 N–H and O–H groups in total. The zero-order valence-corrected chi connectivity index (χ0v) is 31.8. The number of aromatic nitrogens is 2. The number of aliphatic carboxylic acids is 1. The first-order valence-corrected chi connectivity index (χ1v) is 19.7. The van der Waals surface area contributed by atoms with Gasteiger partial charge in [0.1, 0.15) is 6.10 Å². The molecular weight excluding hydrogens is 640 g/mol. The Morgan fingerprint density at radius 2 is 1.67 bits per heavy atom. The monoisotopic (exact) mass is 698 g/mol. The molecule has 0 spiro atoms. The lowest BCUT2D eigenvalue weighted by molar-refractivity contribution is -0.191. The number of ether oxygens (including phenoxy) is 1. The minimum Gasteiger partial charge on any atom is -0.481 e. The summed E-state index contributed by atoms with van der Waals surface area (Å²) in [4.78, 5) is 47.3. The minimum absolute atomic E-state index is 0.115. The SMILES string of the molecule is CC(C)C1=C2C3CCC4C(C)(CCC5C(C)C(OC(=O)CC(C)(C)C(=O)O)CCC54C)C3CCC2(/C(=N/N=C/c2ncccn2)C2CC2)CC1=O. The van der Waals surface area contributed by atoms with E-state index < -0.39 is 17.4 Å². The maximum atomic E-state index is 14.1. The number of carbonyl (C=O) groups is 3. The minimum atomic E-state index is -1.14. The highest BCUT2D eigenvalue weighted by Crippen LogP contribution is 2.72. The Balaban J connectivity index is 1.16. The van der Waals surface area contributed by atoms with Crippen LogP contribution >= 0.6 is 0 Å². The van der Waals surface area contributed by atoms with Crippen molar-refractivity contribution in [3.05, 3.63) is 35.4 Å². The van der Waals surface area contributed by atoms with Crippen LogP contribution < -0.4 is 0 Å². The summed E-state index contributed by atoms with van der Waals surface area (Å²) in [5, 5.41) is 19.1. The topological polar surface area (TPSA) is 131 Å². The van der Waals surface area contributed by atoms with Crippen LogP contribution in [0.4, 0.5) is 0 Å². The number of carboxylic acids is 1. The van der Waals surface area contributed by atoms with Crippen molar-refractivity contribution >= 4 is 29.6 Å². The standard InChI is InChI=1S/C42H58N4O5/c1-24(2)35-30(47)21-42(37(26-9-10-26)46-45-23-33-43-19-8-20-44-33)18-14-29-27(36(35)42)11-12-32-40(6)17-15-31(25(3)28(40)13-16-41(29,32)7)51-34(48)22-39(4,5)38(49)50/h8,19-20,23-29,31-32H,9-18,21-22H2,1-7H3,(H,49,50)/b45-23+,46-37+. The lowest BCUT2D eigenvalue weighted by Gasteiger charge is -2.67. The normalized spacial score (nSPS) is 38.3. The Hall–Kier alpha value is -3.23. The lowest BCUT2D eigenvalue weighted by Crippen LogP contribution is -2.61. The van der Waals surface area contributed by atoms with E-state index in [0.29, 0.717) is 47.6 Å². The summed E-state index contributed by atoms with van der Waals surface area (Å²) < 4.78 is 6.06. The molecule has 51 heavy (non-hydrogen) atoms. The van der Waals surface area contributed by atoms with Gasteiger partial charge in [0.2, 0.25) is 0 Å². The van der Waals surface area contributed by atoms with Gasteiger partial charge in [0, 0.05) is 30.1 Å². The number of rotatable bonds is 9. The highest BCUT2D eigenvalue weighted by atomic mass is 16.5. The summed E-state index contributed by atoms with van der Waals surface area (Å²) in [7, 11) is 0. The number of ketones is 1. The summed E-state index contributed by atoms with van der Waals surface area (Å²) >= 11 is 0. The lowest BCUT2D eigenvalue weighted by atomic mass is 9.38. The van der Waals surface area contributed by atoms with Gasteiger partial charge in [0.05, 0.1) is 23.8 Å². The van der Waals surface area contributed by atoms with Crippen LogP contribution in [0.1, 0.15) is 131 Å². The van der Waals surface area contributed by atoms with E-state index in [1.54, 1.807) is 38.5 Å². The van der Waals surface area contributed by atoms with Gasteiger partial charge in [-0.15, -0.1) is 0 Å². The van der Waals surface area contributed by atoms with Crippen LogP contribution in [0.2, 0.25) is 0 Å². The molecule has 0 amide bonds. The van der Waals surface area contributed by atoms with Crippen molar-refractivity contribution in [3.8, 4) is 0 Å².